The zero-order valence-electron chi connectivity index (χ0n) is 8.64. The molecule has 1 heterocycles. The van der Waals surface area contributed by atoms with E-state index in [1.165, 1.54) is 18.2 Å². The van der Waals surface area contributed by atoms with E-state index in [9.17, 15) is 14.4 Å². The number of rotatable bonds is 2. The number of benzene rings is 1. The van der Waals surface area contributed by atoms with E-state index in [1.807, 2.05) is 0 Å². The van der Waals surface area contributed by atoms with Crippen molar-refractivity contribution in [2.75, 3.05) is 4.90 Å². The number of nitrogens with zero attached hydrogens (tertiary/aromatic N) is 1. The highest BCUT2D eigenvalue weighted by atomic mass is 79.9. The van der Waals surface area contributed by atoms with Crippen LogP contribution in [0.3, 0.4) is 0 Å². The number of carboxylic acid groups (broad SMARTS) is 1. The second-order valence-electron chi connectivity index (χ2n) is 3.59. The molecule has 1 aromatic rings. The van der Waals surface area contributed by atoms with Gasteiger partial charge in [0.15, 0.2) is 0 Å². The van der Waals surface area contributed by atoms with E-state index in [0.29, 0.717) is 4.47 Å². The van der Waals surface area contributed by atoms with Crippen molar-refractivity contribution in [2.24, 2.45) is 0 Å². The first-order valence-corrected chi connectivity index (χ1v) is 5.68. The second kappa shape index (κ2) is 4.29. The number of carboxylic acids is 1. The van der Waals surface area contributed by atoms with Crippen molar-refractivity contribution in [2.45, 2.75) is 12.8 Å². The standard InChI is InChI=1S/C11H8BrNO4/c12-7-2-1-6(11(16)17)5-8(7)13-9(14)3-4-10(13)15/h1-2,5H,3-4H2,(H,16,17). The molecule has 0 spiro atoms. The fraction of sp³-hybridized carbons (Fsp3) is 0.182. The van der Waals surface area contributed by atoms with Crippen LogP contribution in [0.15, 0.2) is 22.7 Å². The van der Waals surface area contributed by atoms with Crippen molar-refractivity contribution < 1.29 is 19.5 Å². The highest BCUT2D eigenvalue weighted by molar-refractivity contribution is 9.10. The van der Waals surface area contributed by atoms with E-state index in [1.54, 1.807) is 0 Å². The molecular formula is C11H8BrNO4. The van der Waals surface area contributed by atoms with Gasteiger partial charge in [0.25, 0.3) is 0 Å². The fourth-order valence-corrected chi connectivity index (χ4v) is 2.09. The van der Waals surface area contributed by atoms with E-state index in [4.69, 9.17) is 5.11 Å². The summed E-state index contributed by atoms with van der Waals surface area (Å²) in [7, 11) is 0. The van der Waals surface area contributed by atoms with Gasteiger partial charge < -0.3 is 5.11 Å². The molecule has 0 unspecified atom stereocenters. The first-order chi connectivity index (χ1) is 8.00. The molecule has 2 amide bonds. The Bertz CT molecular complexity index is 510. The third-order valence-corrected chi connectivity index (χ3v) is 3.16. The minimum absolute atomic E-state index is 0.0377. The summed E-state index contributed by atoms with van der Waals surface area (Å²) in [5.74, 6) is -1.71. The summed E-state index contributed by atoms with van der Waals surface area (Å²) in [4.78, 5) is 35.0. The molecule has 0 bridgehead atoms. The van der Waals surface area contributed by atoms with Gasteiger partial charge in [-0.2, -0.15) is 0 Å². The van der Waals surface area contributed by atoms with Crippen molar-refractivity contribution in [1.82, 2.24) is 0 Å². The van der Waals surface area contributed by atoms with Crippen molar-refractivity contribution in [3.63, 3.8) is 0 Å². The van der Waals surface area contributed by atoms with Gasteiger partial charge in [-0.05, 0) is 34.1 Å². The summed E-state index contributed by atoms with van der Waals surface area (Å²) in [5, 5.41) is 8.87. The number of imide groups is 1. The molecule has 5 nitrogen and oxygen atoms in total. The third kappa shape index (κ3) is 2.08. The zero-order chi connectivity index (χ0) is 12.6. The fourth-order valence-electron chi connectivity index (χ4n) is 1.66. The lowest BCUT2D eigenvalue weighted by molar-refractivity contribution is -0.121. The molecule has 2 rings (SSSR count). The molecule has 1 aliphatic heterocycles. The van der Waals surface area contributed by atoms with Gasteiger partial charge in [0.1, 0.15) is 0 Å². The first kappa shape index (κ1) is 11.8. The molecule has 0 aromatic heterocycles. The maximum Gasteiger partial charge on any atom is 0.335 e. The molecule has 0 radical (unpaired) electrons. The van der Waals surface area contributed by atoms with Crippen LogP contribution in [0.4, 0.5) is 5.69 Å². The summed E-state index contributed by atoms with van der Waals surface area (Å²) in [5.41, 5.74) is 0.327. The van der Waals surface area contributed by atoms with Crippen LogP contribution in [0.5, 0.6) is 0 Å². The largest absolute Gasteiger partial charge is 0.478 e. The lowest BCUT2D eigenvalue weighted by Crippen LogP contribution is -2.29. The van der Waals surface area contributed by atoms with E-state index in [-0.39, 0.29) is 35.9 Å². The second-order valence-corrected chi connectivity index (χ2v) is 4.45. The van der Waals surface area contributed by atoms with Gasteiger partial charge >= 0.3 is 5.97 Å². The maximum atomic E-state index is 11.6. The van der Waals surface area contributed by atoms with Gasteiger partial charge in [0.2, 0.25) is 11.8 Å². The van der Waals surface area contributed by atoms with Crippen molar-refractivity contribution >= 4 is 39.4 Å². The van der Waals surface area contributed by atoms with Gasteiger partial charge in [-0.15, -0.1) is 0 Å². The normalized spacial score (nSPS) is 15.5. The Hall–Kier alpha value is -1.69. The summed E-state index contributed by atoms with van der Waals surface area (Å²) in [6, 6.07) is 4.23. The molecule has 1 aromatic carbocycles. The number of anilines is 1. The van der Waals surface area contributed by atoms with Crippen LogP contribution >= 0.6 is 15.9 Å². The number of carbonyl (C=O) groups excluding carboxylic acids is 2. The molecule has 0 aliphatic carbocycles. The lowest BCUT2D eigenvalue weighted by atomic mass is 10.2. The minimum atomic E-state index is -1.10. The Kier molecular flexibility index (Phi) is 2.97. The van der Waals surface area contributed by atoms with Crippen LogP contribution in [0.2, 0.25) is 0 Å². The van der Waals surface area contributed by atoms with Gasteiger partial charge in [-0.3, -0.25) is 9.59 Å². The average molecular weight is 298 g/mol. The molecular weight excluding hydrogens is 290 g/mol. The van der Waals surface area contributed by atoms with Crippen LogP contribution in [0, 0.1) is 0 Å². The molecule has 1 N–H and O–H groups in total. The third-order valence-electron chi connectivity index (χ3n) is 2.49. The number of halogens is 1. The van der Waals surface area contributed by atoms with Gasteiger partial charge in [0, 0.05) is 17.3 Å². The van der Waals surface area contributed by atoms with Gasteiger partial charge in [0.05, 0.1) is 11.3 Å². The summed E-state index contributed by atoms with van der Waals surface area (Å²) in [6.45, 7) is 0. The van der Waals surface area contributed by atoms with Gasteiger partial charge in [-0.1, -0.05) is 0 Å². The molecule has 1 fully saturated rings. The van der Waals surface area contributed by atoms with Crippen LogP contribution in [0.25, 0.3) is 0 Å². The molecule has 0 atom stereocenters. The smallest absolute Gasteiger partial charge is 0.335 e. The predicted molar refractivity (Wildman–Crippen MR) is 62.8 cm³/mol. The van der Waals surface area contributed by atoms with Crippen LogP contribution in [-0.2, 0) is 9.59 Å². The number of aromatic carboxylic acids is 1. The Balaban J connectivity index is 2.50. The topological polar surface area (TPSA) is 74.7 Å². The Morgan fingerprint density at radius 2 is 1.82 bits per heavy atom. The van der Waals surface area contributed by atoms with Crippen LogP contribution in [-0.4, -0.2) is 22.9 Å². The average Bonchev–Trinajstić information content (AvgIpc) is 2.59. The Morgan fingerprint density at radius 3 is 2.35 bits per heavy atom. The van der Waals surface area contributed by atoms with Crippen molar-refractivity contribution in [3.8, 4) is 0 Å². The quantitative estimate of drug-likeness (QED) is 0.845. The minimum Gasteiger partial charge on any atom is -0.478 e. The molecule has 1 saturated heterocycles. The maximum absolute atomic E-state index is 11.6. The van der Waals surface area contributed by atoms with Crippen molar-refractivity contribution in [3.05, 3.63) is 28.2 Å². The highest BCUT2D eigenvalue weighted by Gasteiger charge is 2.31. The molecule has 1 aliphatic rings. The van der Waals surface area contributed by atoms with E-state index < -0.39 is 5.97 Å². The summed E-state index contributed by atoms with van der Waals surface area (Å²) in [6.07, 6.45) is 0.338. The van der Waals surface area contributed by atoms with E-state index >= 15 is 0 Å². The number of carbonyl (C=O) groups is 3. The number of hydrogen-bond acceptors (Lipinski definition) is 3. The van der Waals surface area contributed by atoms with Crippen LogP contribution < -0.4 is 4.90 Å². The van der Waals surface area contributed by atoms with E-state index in [0.717, 1.165) is 4.90 Å². The van der Waals surface area contributed by atoms with Gasteiger partial charge in [-0.25, -0.2) is 9.69 Å². The van der Waals surface area contributed by atoms with E-state index in [2.05, 4.69) is 15.9 Å². The molecule has 88 valence electrons. The summed E-state index contributed by atoms with van der Waals surface area (Å²) >= 11 is 3.21. The molecule has 0 saturated carbocycles. The SMILES string of the molecule is O=C(O)c1ccc(Br)c(N2C(=O)CCC2=O)c1. The lowest BCUT2D eigenvalue weighted by Gasteiger charge is -2.16. The Morgan fingerprint density at radius 1 is 1.24 bits per heavy atom. The van der Waals surface area contributed by atoms with Crippen molar-refractivity contribution in [1.29, 1.82) is 0 Å². The first-order valence-electron chi connectivity index (χ1n) is 4.89. The molecule has 6 heteroatoms. The number of amides is 2. The molecule has 17 heavy (non-hydrogen) atoms. The number of hydrogen-bond donors (Lipinski definition) is 1. The zero-order valence-corrected chi connectivity index (χ0v) is 10.2. The predicted octanol–water partition coefficient (Wildman–Crippen LogP) is 1.80. The Labute approximate surface area is 105 Å². The summed E-state index contributed by atoms with van der Waals surface area (Å²) < 4.78 is 0.520. The highest BCUT2D eigenvalue weighted by Crippen LogP contribution is 2.31. The monoisotopic (exact) mass is 297 g/mol. The van der Waals surface area contributed by atoms with Crippen LogP contribution in [0.1, 0.15) is 23.2 Å².